The van der Waals surface area contributed by atoms with E-state index in [-0.39, 0.29) is 24.8 Å². The summed E-state index contributed by atoms with van der Waals surface area (Å²) in [5, 5.41) is 15.6. The summed E-state index contributed by atoms with van der Waals surface area (Å²) in [7, 11) is 1.67. The number of carbonyl (C=O) groups excluding carboxylic acids is 1. The zero-order valence-electron chi connectivity index (χ0n) is 18.9. The number of nitrogens with zero attached hydrogens (tertiary/aromatic N) is 1. The number of methoxy groups -OCH3 is 1. The maximum atomic E-state index is 12.9. The molecule has 3 N–H and O–H groups in total. The van der Waals surface area contributed by atoms with Crippen LogP contribution in [0, 0.1) is 5.92 Å². The fraction of sp³-hybridized carbons (Fsp3) is 0.500. The van der Waals surface area contributed by atoms with Crippen molar-refractivity contribution in [3.63, 3.8) is 0 Å². The number of aliphatic hydroxyl groups excluding tert-OH is 1. The second kappa shape index (κ2) is 10.8. The third-order valence-corrected chi connectivity index (χ3v) is 6.91. The molecule has 2 aromatic carbocycles. The number of fused-ring (bicyclic) bond motifs is 1. The molecule has 0 spiro atoms. The molecule has 6 nitrogen and oxygen atoms in total. The van der Waals surface area contributed by atoms with Crippen LogP contribution in [-0.2, 0) is 19.5 Å². The van der Waals surface area contributed by atoms with Gasteiger partial charge in [-0.3, -0.25) is 4.90 Å². The zero-order valence-corrected chi connectivity index (χ0v) is 18.9. The van der Waals surface area contributed by atoms with E-state index in [1.165, 1.54) is 11.1 Å². The van der Waals surface area contributed by atoms with Crippen molar-refractivity contribution < 1.29 is 14.6 Å². The molecule has 32 heavy (non-hydrogen) atoms. The van der Waals surface area contributed by atoms with Crippen LogP contribution in [0.4, 0.5) is 4.79 Å². The first kappa shape index (κ1) is 22.6. The van der Waals surface area contributed by atoms with E-state index in [4.69, 9.17) is 9.84 Å². The minimum Gasteiger partial charge on any atom is -0.497 e. The van der Waals surface area contributed by atoms with Gasteiger partial charge < -0.3 is 20.5 Å². The normalized spacial score (nSPS) is 21.6. The van der Waals surface area contributed by atoms with E-state index >= 15 is 0 Å². The summed E-state index contributed by atoms with van der Waals surface area (Å²) in [6.07, 6.45) is 5.62. The van der Waals surface area contributed by atoms with E-state index in [2.05, 4.69) is 51.9 Å². The third-order valence-electron chi connectivity index (χ3n) is 6.91. The molecular weight excluding hydrogens is 402 g/mol. The second-order valence-corrected chi connectivity index (χ2v) is 9.09. The minimum absolute atomic E-state index is 0.0925. The van der Waals surface area contributed by atoms with E-state index in [1.807, 2.05) is 12.1 Å². The molecule has 2 aliphatic rings. The van der Waals surface area contributed by atoms with Crippen LogP contribution in [0.3, 0.4) is 0 Å². The Labute approximate surface area is 191 Å². The molecule has 0 saturated heterocycles. The van der Waals surface area contributed by atoms with Gasteiger partial charge >= 0.3 is 6.03 Å². The molecule has 1 heterocycles. The molecule has 172 valence electrons. The van der Waals surface area contributed by atoms with Crippen LogP contribution in [0.15, 0.2) is 48.5 Å². The van der Waals surface area contributed by atoms with Gasteiger partial charge in [-0.05, 0) is 66.8 Å². The molecule has 1 fully saturated rings. The van der Waals surface area contributed by atoms with E-state index in [9.17, 15) is 4.79 Å². The number of ether oxygens (including phenoxy) is 1. The molecule has 6 heteroatoms. The van der Waals surface area contributed by atoms with E-state index in [0.29, 0.717) is 5.92 Å². The van der Waals surface area contributed by atoms with E-state index in [1.54, 1.807) is 7.11 Å². The quantitative estimate of drug-likeness (QED) is 0.587. The maximum Gasteiger partial charge on any atom is 0.316 e. The molecule has 1 unspecified atom stereocenters. The van der Waals surface area contributed by atoms with Crippen molar-refractivity contribution in [3.8, 4) is 5.75 Å². The first-order valence-electron chi connectivity index (χ1n) is 11.8. The number of aliphatic hydroxyl groups is 1. The zero-order chi connectivity index (χ0) is 22.3. The third kappa shape index (κ3) is 5.81. The van der Waals surface area contributed by atoms with Crippen LogP contribution in [0.25, 0.3) is 0 Å². The number of rotatable bonds is 8. The average Bonchev–Trinajstić information content (AvgIpc) is 3.25. The van der Waals surface area contributed by atoms with Crippen molar-refractivity contribution in [2.24, 2.45) is 5.92 Å². The molecule has 1 aliphatic carbocycles. The van der Waals surface area contributed by atoms with Gasteiger partial charge in [-0.2, -0.15) is 0 Å². The summed E-state index contributed by atoms with van der Waals surface area (Å²) in [6, 6.07) is 16.7. The van der Waals surface area contributed by atoms with Crippen molar-refractivity contribution in [1.29, 1.82) is 0 Å². The number of amides is 2. The SMILES string of the molecule is COc1ccc(CC(NC(=O)NC2CCC(CCO)CC2)N2Cc3ccccc3C2)cc1. The highest BCUT2D eigenvalue weighted by Gasteiger charge is 2.28. The Morgan fingerprint density at radius 1 is 1.06 bits per heavy atom. The van der Waals surface area contributed by atoms with Crippen LogP contribution in [0.1, 0.15) is 48.8 Å². The molecule has 4 rings (SSSR count). The van der Waals surface area contributed by atoms with Gasteiger partial charge in [0.1, 0.15) is 5.75 Å². The van der Waals surface area contributed by atoms with Crippen LogP contribution in [-0.4, -0.2) is 42.0 Å². The molecule has 0 radical (unpaired) electrons. The van der Waals surface area contributed by atoms with E-state index < -0.39 is 0 Å². The minimum atomic E-state index is -0.0958. The Morgan fingerprint density at radius 3 is 2.31 bits per heavy atom. The van der Waals surface area contributed by atoms with Crippen molar-refractivity contribution in [2.75, 3.05) is 13.7 Å². The second-order valence-electron chi connectivity index (χ2n) is 9.09. The van der Waals surface area contributed by atoms with Gasteiger partial charge in [0.15, 0.2) is 0 Å². The number of urea groups is 1. The van der Waals surface area contributed by atoms with E-state index in [0.717, 1.165) is 62.9 Å². The topological polar surface area (TPSA) is 73.8 Å². The lowest BCUT2D eigenvalue weighted by molar-refractivity contribution is 0.158. The van der Waals surface area contributed by atoms with Crippen LogP contribution in [0.2, 0.25) is 0 Å². The molecular formula is C26H35N3O3. The summed E-state index contributed by atoms with van der Waals surface area (Å²) in [6.45, 7) is 1.93. The Balaban J connectivity index is 1.39. The Morgan fingerprint density at radius 2 is 1.72 bits per heavy atom. The molecule has 2 amide bonds. The lowest BCUT2D eigenvalue weighted by atomic mass is 9.84. The lowest BCUT2D eigenvalue weighted by Gasteiger charge is -2.32. The summed E-state index contributed by atoms with van der Waals surface area (Å²) < 4.78 is 5.28. The molecule has 2 aromatic rings. The smallest absolute Gasteiger partial charge is 0.316 e. The highest BCUT2D eigenvalue weighted by molar-refractivity contribution is 5.74. The molecule has 0 bridgehead atoms. The van der Waals surface area contributed by atoms with Gasteiger partial charge in [-0.1, -0.05) is 36.4 Å². The average molecular weight is 438 g/mol. The highest BCUT2D eigenvalue weighted by Crippen LogP contribution is 2.27. The fourth-order valence-corrected chi connectivity index (χ4v) is 4.99. The largest absolute Gasteiger partial charge is 0.497 e. The Bertz CT molecular complexity index is 853. The number of nitrogens with one attached hydrogen (secondary N) is 2. The van der Waals surface area contributed by atoms with Crippen molar-refractivity contribution in [2.45, 2.75) is 63.8 Å². The first-order valence-corrected chi connectivity index (χ1v) is 11.8. The maximum absolute atomic E-state index is 12.9. The van der Waals surface area contributed by atoms with Gasteiger partial charge in [0.2, 0.25) is 0 Å². The Kier molecular flexibility index (Phi) is 7.66. The van der Waals surface area contributed by atoms with Gasteiger partial charge in [-0.25, -0.2) is 4.79 Å². The molecule has 1 aliphatic heterocycles. The predicted molar refractivity (Wildman–Crippen MR) is 125 cm³/mol. The predicted octanol–water partition coefficient (Wildman–Crippen LogP) is 3.82. The summed E-state index contributed by atoms with van der Waals surface area (Å²) in [5.41, 5.74) is 3.82. The Hall–Kier alpha value is -2.57. The number of benzene rings is 2. The number of hydrogen-bond acceptors (Lipinski definition) is 4. The standard InChI is InChI=1S/C26H35N3O3/c1-32-24-12-8-20(9-13-24)16-25(29-17-21-4-2-3-5-22(21)18-29)28-26(31)27-23-10-6-19(7-11-23)14-15-30/h2-5,8-9,12-13,19,23,25,30H,6-7,10-11,14-18H2,1H3,(H2,27,28,31). The fourth-order valence-electron chi connectivity index (χ4n) is 4.99. The van der Waals surface area contributed by atoms with Gasteiger partial charge in [0, 0.05) is 32.2 Å². The number of carbonyl (C=O) groups is 1. The van der Waals surface area contributed by atoms with Crippen LogP contribution < -0.4 is 15.4 Å². The van der Waals surface area contributed by atoms with Gasteiger partial charge in [0.05, 0.1) is 13.3 Å². The highest BCUT2D eigenvalue weighted by atomic mass is 16.5. The molecule has 1 atom stereocenters. The van der Waals surface area contributed by atoms with Crippen LogP contribution in [0.5, 0.6) is 5.75 Å². The molecule has 0 aromatic heterocycles. The first-order chi connectivity index (χ1) is 15.6. The summed E-state index contributed by atoms with van der Waals surface area (Å²) >= 11 is 0. The van der Waals surface area contributed by atoms with Gasteiger partial charge in [-0.15, -0.1) is 0 Å². The van der Waals surface area contributed by atoms with Crippen LogP contribution >= 0.6 is 0 Å². The number of hydrogen-bond donors (Lipinski definition) is 3. The monoisotopic (exact) mass is 437 g/mol. The summed E-state index contributed by atoms with van der Waals surface area (Å²) in [4.78, 5) is 15.3. The lowest BCUT2D eigenvalue weighted by Crippen LogP contribution is -2.53. The van der Waals surface area contributed by atoms with Crippen molar-refractivity contribution >= 4 is 6.03 Å². The van der Waals surface area contributed by atoms with Crippen molar-refractivity contribution in [3.05, 3.63) is 65.2 Å². The van der Waals surface area contributed by atoms with Gasteiger partial charge in [0.25, 0.3) is 0 Å². The summed E-state index contributed by atoms with van der Waals surface area (Å²) in [5.74, 6) is 1.42. The van der Waals surface area contributed by atoms with Crippen molar-refractivity contribution in [1.82, 2.24) is 15.5 Å². The molecule has 1 saturated carbocycles.